The second kappa shape index (κ2) is 9.75. The second-order valence-corrected chi connectivity index (χ2v) is 5.82. The predicted molar refractivity (Wildman–Crippen MR) is 91.7 cm³/mol. The van der Waals surface area contributed by atoms with E-state index in [2.05, 4.69) is 16.0 Å². The summed E-state index contributed by atoms with van der Waals surface area (Å²) in [6.45, 7) is 7.74. The number of hydrogen-bond donors (Lipinski definition) is 3. The zero-order valence-corrected chi connectivity index (χ0v) is 14.6. The van der Waals surface area contributed by atoms with Crippen LogP contribution in [0.3, 0.4) is 0 Å². The summed E-state index contributed by atoms with van der Waals surface area (Å²) in [6, 6.07) is 3.77. The Morgan fingerprint density at radius 2 is 1.96 bits per heavy atom. The minimum Gasteiger partial charge on any atom is -0.491 e. The Labute approximate surface area is 142 Å². The van der Waals surface area contributed by atoms with E-state index in [4.69, 9.17) is 4.74 Å². The molecule has 1 atom stereocenters. The van der Waals surface area contributed by atoms with Gasteiger partial charge in [-0.25, -0.2) is 9.18 Å². The number of carbonyl (C=O) groups excluding carboxylic acids is 2. The van der Waals surface area contributed by atoms with Crippen LogP contribution in [0.4, 0.5) is 14.9 Å². The van der Waals surface area contributed by atoms with Gasteiger partial charge >= 0.3 is 6.03 Å². The number of carbonyl (C=O) groups is 2. The number of amides is 3. The van der Waals surface area contributed by atoms with Crippen molar-refractivity contribution in [3.05, 3.63) is 24.0 Å². The number of benzene rings is 1. The summed E-state index contributed by atoms with van der Waals surface area (Å²) in [4.78, 5) is 23.3. The first kappa shape index (κ1) is 19.7. The van der Waals surface area contributed by atoms with Crippen molar-refractivity contribution < 1.29 is 18.7 Å². The lowest BCUT2D eigenvalue weighted by Crippen LogP contribution is -2.36. The Morgan fingerprint density at radius 1 is 1.25 bits per heavy atom. The van der Waals surface area contributed by atoms with Gasteiger partial charge in [-0.15, -0.1) is 0 Å². The van der Waals surface area contributed by atoms with Crippen LogP contribution in [0.5, 0.6) is 5.75 Å². The molecule has 0 fully saturated rings. The number of rotatable bonds is 8. The quantitative estimate of drug-likeness (QED) is 0.681. The van der Waals surface area contributed by atoms with Gasteiger partial charge in [0.15, 0.2) is 0 Å². The molecule has 0 aliphatic rings. The molecule has 24 heavy (non-hydrogen) atoms. The third-order valence-corrected chi connectivity index (χ3v) is 3.22. The molecule has 1 aromatic carbocycles. The maximum atomic E-state index is 13.9. The topological polar surface area (TPSA) is 79.5 Å². The molecule has 1 rings (SSSR count). The molecule has 3 N–H and O–H groups in total. The van der Waals surface area contributed by atoms with E-state index in [1.54, 1.807) is 6.07 Å². The van der Waals surface area contributed by atoms with Gasteiger partial charge in [-0.3, -0.25) is 4.79 Å². The van der Waals surface area contributed by atoms with Crippen LogP contribution in [0.15, 0.2) is 18.2 Å². The van der Waals surface area contributed by atoms with Crippen LogP contribution in [0, 0.1) is 5.82 Å². The Hall–Kier alpha value is -2.31. The van der Waals surface area contributed by atoms with E-state index in [1.165, 1.54) is 12.1 Å². The van der Waals surface area contributed by atoms with Crippen molar-refractivity contribution in [1.29, 1.82) is 0 Å². The van der Waals surface area contributed by atoms with Crippen molar-refractivity contribution in [1.82, 2.24) is 10.6 Å². The summed E-state index contributed by atoms with van der Waals surface area (Å²) >= 11 is 0. The van der Waals surface area contributed by atoms with E-state index in [1.807, 2.05) is 27.7 Å². The average Bonchev–Trinajstić information content (AvgIpc) is 2.49. The Morgan fingerprint density at radius 3 is 2.54 bits per heavy atom. The summed E-state index contributed by atoms with van der Waals surface area (Å²) in [7, 11) is 0. The van der Waals surface area contributed by atoms with E-state index < -0.39 is 11.8 Å². The van der Waals surface area contributed by atoms with E-state index >= 15 is 0 Å². The summed E-state index contributed by atoms with van der Waals surface area (Å²) in [5.41, 5.74) is 0.0488. The fourth-order valence-electron chi connectivity index (χ4n) is 1.85. The van der Waals surface area contributed by atoms with Gasteiger partial charge in [-0.1, -0.05) is 6.92 Å². The van der Waals surface area contributed by atoms with Crippen LogP contribution < -0.4 is 20.7 Å². The van der Waals surface area contributed by atoms with E-state index in [9.17, 15) is 14.0 Å². The molecule has 0 unspecified atom stereocenters. The maximum absolute atomic E-state index is 13.9. The number of ether oxygens (including phenoxy) is 1. The lowest BCUT2D eigenvalue weighted by Gasteiger charge is -2.13. The standard InChI is InChI=1S/C17H26FN3O3/c1-5-12(4)20-16(22)8-9-19-17(23)21-15-7-6-13(10-14(15)18)24-11(2)3/h6-7,10-12H,5,8-9H2,1-4H3,(H,20,22)(H2,19,21,23)/t12-/m0/s1. The minimum atomic E-state index is -0.585. The van der Waals surface area contributed by atoms with Gasteiger partial charge in [-0.2, -0.15) is 0 Å². The van der Waals surface area contributed by atoms with Gasteiger partial charge in [-0.05, 0) is 39.3 Å². The molecular weight excluding hydrogens is 313 g/mol. The van der Waals surface area contributed by atoms with Gasteiger partial charge in [0.2, 0.25) is 5.91 Å². The van der Waals surface area contributed by atoms with E-state index in [0.29, 0.717) is 5.75 Å². The van der Waals surface area contributed by atoms with Crippen LogP contribution in [0.25, 0.3) is 0 Å². The highest BCUT2D eigenvalue weighted by molar-refractivity contribution is 5.89. The SMILES string of the molecule is CC[C@H](C)NC(=O)CCNC(=O)Nc1ccc(OC(C)C)cc1F. The Balaban J connectivity index is 2.41. The third-order valence-electron chi connectivity index (χ3n) is 3.22. The van der Waals surface area contributed by atoms with Crippen molar-refractivity contribution in [3.63, 3.8) is 0 Å². The van der Waals surface area contributed by atoms with Crippen LogP contribution in [0.2, 0.25) is 0 Å². The first-order valence-corrected chi connectivity index (χ1v) is 8.12. The summed E-state index contributed by atoms with van der Waals surface area (Å²) in [5, 5.41) is 7.72. The lowest BCUT2D eigenvalue weighted by atomic mass is 10.2. The molecule has 0 aromatic heterocycles. The fraction of sp³-hybridized carbons (Fsp3) is 0.529. The first-order valence-electron chi connectivity index (χ1n) is 8.12. The molecule has 0 radical (unpaired) electrons. The molecular formula is C17H26FN3O3. The molecule has 7 heteroatoms. The Kier molecular flexibility index (Phi) is 8.01. The summed E-state index contributed by atoms with van der Waals surface area (Å²) < 4.78 is 19.3. The normalized spacial score (nSPS) is 11.8. The third kappa shape index (κ3) is 7.30. The summed E-state index contributed by atoms with van der Waals surface area (Å²) in [5.74, 6) is -0.320. The number of nitrogens with one attached hydrogen (secondary N) is 3. The highest BCUT2D eigenvalue weighted by Gasteiger charge is 2.10. The van der Waals surface area contributed by atoms with E-state index in [0.717, 1.165) is 6.42 Å². The number of halogens is 1. The van der Waals surface area contributed by atoms with Crippen LogP contribution in [-0.4, -0.2) is 30.6 Å². The second-order valence-electron chi connectivity index (χ2n) is 5.82. The van der Waals surface area contributed by atoms with Crippen molar-refractivity contribution in [2.24, 2.45) is 0 Å². The number of hydrogen-bond acceptors (Lipinski definition) is 3. The van der Waals surface area contributed by atoms with Crippen molar-refractivity contribution >= 4 is 17.6 Å². The molecule has 3 amide bonds. The largest absolute Gasteiger partial charge is 0.491 e. The minimum absolute atomic E-state index is 0.0488. The number of urea groups is 1. The lowest BCUT2D eigenvalue weighted by molar-refractivity contribution is -0.121. The smallest absolute Gasteiger partial charge is 0.319 e. The molecule has 0 saturated heterocycles. The van der Waals surface area contributed by atoms with Crippen LogP contribution in [-0.2, 0) is 4.79 Å². The molecule has 6 nitrogen and oxygen atoms in total. The fourth-order valence-corrected chi connectivity index (χ4v) is 1.85. The molecule has 0 heterocycles. The highest BCUT2D eigenvalue weighted by atomic mass is 19.1. The Bertz CT molecular complexity index is 564. The zero-order chi connectivity index (χ0) is 18.1. The van der Waals surface area contributed by atoms with Gasteiger partial charge in [0.1, 0.15) is 11.6 Å². The molecule has 0 aliphatic heterocycles. The van der Waals surface area contributed by atoms with Crippen molar-refractivity contribution in [3.8, 4) is 5.75 Å². The summed E-state index contributed by atoms with van der Waals surface area (Å²) in [6.07, 6.45) is 0.949. The number of anilines is 1. The zero-order valence-electron chi connectivity index (χ0n) is 14.6. The van der Waals surface area contributed by atoms with Gasteiger partial charge < -0.3 is 20.7 Å². The molecule has 134 valence electrons. The van der Waals surface area contributed by atoms with Crippen LogP contribution >= 0.6 is 0 Å². The molecule has 0 bridgehead atoms. The average molecular weight is 339 g/mol. The maximum Gasteiger partial charge on any atom is 0.319 e. The molecule has 0 aliphatic carbocycles. The van der Waals surface area contributed by atoms with Crippen molar-refractivity contribution in [2.45, 2.75) is 52.7 Å². The highest BCUT2D eigenvalue weighted by Crippen LogP contribution is 2.21. The monoisotopic (exact) mass is 339 g/mol. The van der Waals surface area contributed by atoms with Gasteiger partial charge in [0, 0.05) is 25.1 Å². The van der Waals surface area contributed by atoms with Gasteiger partial charge in [0.05, 0.1) is 11.8 Å². The predicted octanol–water partition coefficient (Wildman–Crippen LogP) is 3.04. The van der Waals surface area contributed by atoms with E-state index in [-0.39, 0.29) is 36.7 Å². The molecule has 1 aromatic rings. The van der Waals surface area contributed by atoms with Crippen molar-refractivity contribution in [2.75, 3.05) is 11.9 Å². The van der Waals surface area contributed by atoms with Crippen LogP contribution in [0.1, 0.15) is 40.5 Å². The molecule has 0 spiro atoms. The first-order chi connectivity index (χ1) is 11.3. The van der Waals surface area contributed by atoms with Gasteiger partial charge in [0.25, 0.3) is 0 Å². The molecule has 0 saturated carbocycles.